The predicted octanol–water partition coefficient (Wildman–Crippen LogP) is 2.61. The van der Waals surface area contributed by atoms with Gasteiger partial charge in [-0.15, -0.1) is 0 Å². The third-order valence-electron chi connectivity index (χ3n) is 3.28. The molecule has 0 bridgehead atoms. The van der Waals surface area contributed by atoms with Gasteiger partial charge in [-0.3, -0.25) is 16.0 Å². The lowest BCUT2D eigenvalue weighted by molar-refractivity contribution is 0.482. The quantitative estimate of drug-likeness (QED) is 0.605. The van der Waals surface area contributed by atoms with Gasteiger partial charge in [-0.2, -0.15) is 5.10 Å². The van der Waals surface area contributed by atoms with Crippen LogP contribution in [0.5, 0.6) is 0 Å². The lowest BCUT2D eigenvalue weighted by atomic mass is 10.0. The van der Waals surface area contributed by atoms with E-state index < -0.39 is 0 Å². The lowest BCUT2D eigenvalue weighted by Crippen LogP contribution is -2.39. The number of benzene rings is 1. The molecule has 114 valence electrons. The van der Waals surface area contributed by atoms with Crippen molar-refractivity contribution in [3.63, 3.8) is 0 Å². The Morgan fingerprint density at radius 2 is 2.14 bits per heavy atom. The first kappa shape index (κ1) is 16.2. The highest BCUT2D eigenvalue weighted by molar-refractivity contribution is 6.35. The highest BCUT2D eigenvalue weighted by atomic mass is 35.5. The largest absolute Gasteiger partial charge is 0.271 e. The number of aromatic nitrogens is 3. The second-order valence-electron chi connectivity index (χ2n) is 4.91. The third kappa shape index (κ3) is 4.41. The second kappa shape index (κ2) is 7.75. The van der Waals surface area contributed by atoms with Crippen LogP contribution in [-0.2, 0) is 19.4 Å². The number of halogens is 2. The molecule has 1 heterocycles. The van der Waals surface area contributed by atoms with Crippen LogP contribution in [0.2, 0.25) is 10.0 Å². The van der Waals surface area contributed by atoms with Gasteiger partial charge in [0.25, 0.3) is 0 Å². The number of nitrogens with one attached hydrogen (secondary N) is 1. The minimum absolute atomic E-state index is 0.0310. The number of rotatable bonds is 7. The van der Waals surface area contributed by atoms with Crippen LogP contribution in [0.1, 0.15) is 24.7 Å². The van der Waals surface area contributed by atoms with Crippen LogP contribution < -0.4 is 11.3 Å². The number of nitrogens with two attached hydrogens (primary N) is 1. The fourth-order valence-corrected chi connectivity index (χ4v) is 2.69. The van der Waals surface area contributed by atoms with E-state index in [2.05, 4.69) is 22.4 Å². The summed E-state index contributed by atoms with van der Waals surface area (Å²) in [5, 5.41) is 5.50. The number of hydrogen-bond acceptors (Lipinski definition) is 4. The maximum absolute atomic E-state index is 6.21. The van der Waals surface area contributed by atoms with Gasteiger partial charge in [0.05, 0.1) is 0 Å². The summed E-state index contributed by atoms with van der Waals surface area (Å²) in [6.07, 6.45) is 3.98. The zero-order valence-corrected chi connectivity index (χ0v) is 13.4. The van der Waals surface area contributed by atoms with Gasteiger partial charge in [-0.25, -0.2) is 4.98 Å². The zero-order valence-electron chi connectivity index (χ0n) is 11.9. The maximum atomic E-state index is 6.21. The van der Waals surface area contributed by atoms with Gasteiger partial charge >= 0.3 is 0 Å². The molecule has 1 unspecified atom stereocenters. The number of nitrogens with zero attached hydrogens (tertiary/aromatic N) is 3. The van der Waals surface area contributed by atoms with Crippen LogP contribution in [0.25, 0.3) is 0 Å². The second-order valence-corrected chi connectivity index (χ2v) is 5.75. The SMILES string of the molecule is CCCn1ncnc1CC(Cc1ccc(Cl)cc1Cl)NN. The van der Waals surface area contributed by atoms with Crippen molar-refractivity contribution in [1.29, 1.82) is 0 Å². The van der Waals surface area contributed by atoms with Crippen LogP contribution >= 0.6 is 23.2 Å². The molecule has 2 rings (SSSR count). The van der Waals surface area contributed by atoms with Crippen molar-refractivity contribution in [3.8, 4) is 0 Å². The molecule has 0 fully saturated rings. The molecule has 0 saturated heterocycles. The summed E-state index contributed by atoms with van der Waals surface area (Å²) >= 11 is 12.1. The van der Waals surface area contributed by atoms with E-state index in [4.69, 9.17) is 29.0 Å². The standard InChI is InChI=1S/C14H19Cl2N5/c1-2-5-21-14(18-9-19-21)8-12(20-17)6-10-3-4-11(15)7-13(10)16/h3-4,7,9,12,20H,2,5-6,8,17H2,1H3. The smallest absolute Gasteiger partial charge is 0.138 e. The number of aryl methyl sites for hydroxylation is 1. The van der Waals surface area contributed by atoms with Gasteiger partial charge < -0.3 is 0 Å². The molecule has 1 aromatic carbocycles. The highest BCUT2D eigenvalue weighted by Gasteiger charge is 2.15. The Kier molecular flexibility index (Phi) is 5.99. The van der Waals surface area contributed by atoms with Gasteiger partial charge in [0.2, 0.25) is 0 Å². The normalized spacial score (nSPS) is 12.6. The van der Waals surface area contributed by atoms with Gasteiger partial charge in [0.1, 0.15) is 12.2 Å². The molecule has 0 aliphatic heterocycles. The lowest BCUT2D eigenvalue weighted by Gasteiger charge is -2.17. The fraction of sp³-hybridized carbons (Fsp3) is 0.429. The Hall–Kier alpha value is -1.14. The van der Waals surface area contributed by atoms with Gasteiger partial charge in [-0.05, 0) is 30.5 Å². The van der Waals surface area contributed by atoms with Crippen molar-refractivity contribution >= 4 is 23.2 Å². The zero-order chi connectivity index (χ0) is 15.2. The topological polar surface area (TPSA) is 68.8 Å². The van der Waals surface area contributed by atoms with E-state index in [-0.39, 0.29) is 6.04 Å². The summed E-state index contributed by atoms with van der Waals surface area (Å²) in [6.45, 7) is 2.96. The van der Waals surface area contributed by atoms with Gasteiger partial charge in [-0.1, -0.05) is 36.2 Å². The molecule has 3 N–H and O–H groups in total. The summed E-state index contributed by atoms with van der Waals surface area (Å²) in [7, 11) is 0. The van der Waals surface area contributed by atoms with E-state index in [1.54, 1.807) is 12.4 Å². The Labute approximate surface area is 134 Å². The monoisotopic (exact) mass is 327 g/mol. The third-order valence-corrected chi connectivity index (χ3v) is 3.86. The molecule has 7 heteroatoms. The minimum Gasteiger partial charge on any atom is -0.271 e. The molecule has 0 aliphatic rings. The average molecular weight is 328 g/mol. The molecule has 0 radical (unpaired) electrons. The van der Waals surface area contributed by atoms with Crippen molar-refractivity contribution in [2.45, 2.75) is 38.8 Å². The molecule has 1 aromatic heterocycles. The summed E-state index contributed by atoms with van der Waals surface area (Å²) < 4.78 is 1.91. The minimum atomic E-state index is 0.0310. The van der Waals surface area contributed by atoms with Gasteiger partial charge in [0.15, 0.2) is 0 Å². The first-order valence-corrected chi connectivity index (χ1v) is 7.66. The molecular formula is C14H19Cl2N5. The Morgan fingerprint density at radius 3 is 2.81 bits per heavy atom. The van der Waals surface area contributed by atoms with Crippen molar-refractivity contribution < 1.29 is 0 Å². The predicted molar refractivity (Wildman–Crippen MR) is 85.3 cm³/mol. The van der Waals surface area contributed by atoms with Crippen molar-refractivity contribution in [2.24, 2.45) is 5.84 Å². The Bertz CT molecular complexity index is 584. The van der Waals surface area contributed by atoms with Crippen LogP contribution in [0.15, 0.2) is 24.5 Å². The van der Waals surface area contributed by atoms with Crippen LogP contribution in [0.4, 0.5) is 0 Å². The van der Waals surface area contributed by atoms with E-state index in [0.29, 0.717) is 22.9 Å². The molecule has 5 nitrogen and oxygen atoms in total. The molecule has 0 saturated carbocycles. The van der Waals surface area contributed by atoms with Crippen LogP contribution in [0, 0.1) is 0 Å². The van der Waals surface area contributed by atoms with Crippen molar-refractivity contribution in [2.75, 3.05) is 0 Å². The van der Waals surface area contributed by atoms with Gasteiger partial charge in [0, 0.05) is 29.1 Å². The van der Waals surface area contributed by atoms with Crippen molar-refractivity contribution in [1.82, 2.24) is 20.2 Å². The molecule has 2 aromatic rings. The molecule has 0 amide bonds. The van der Waals surface area contributed by atoms with E-state index in [1.807, 2.05) is 16.8 Å². The summed E-state index contributed by atoms with van der Waals surface area (Å²) in [5.74, 6) is 6.59. The summed E-state index contributed by atoms with van der Waals surface area (Å²) in [4.78, 5) is 4.30. The van der Waals surface area contributed by atoms with Crippen molar-refractivity contribution in [3.05, 3.63) is 46.0 Å². The molecule has 1 atom stereocenters. The number of hydrogen-bond donors (Lipinski definition) is 2. The first-order chi connectivity index (χ1) is 10.1. The Balaban J connectivity index is 2.07. The molecule has 0 aliphatic carbocycles. The van der Waals surface area contributed by atoms with E-state index in [0.717, 1.165) is 24.4 Å². The average Bonchev–Trinajstić information content (AvgIpc) is 2.88. The summed E-state index contributed by atoms with van der Waals surface area (Å²) in [6, 6.07) is 5.52. The first-order valence-electron chi connectivity index (χ1n) is 6.90. The van der Waals surface area contributed by atoms with Crippen LogP contribution in [-0.4, -0.2) is 20.8 Å². The fourth-order valence-electron chi connectivity index (χ4n) is 2.21. The molecule has 0 spiro atoms. The van der Waals surface area contributed by atoms with Crippen LogP contribution in [0.3, 0.4) is 0 Å². The number of hydrazine groups is 1. The van der Waals surface area contributed by atoms with E-state index >= 15 is 0 Å². The highest BCUT2D eigenvalue weighted by Crippen LogP contribution is 2.22. The molecular weight excluding hydrogens is 309 g/mol. The Morgan fingerprint density at radius 1 is 1.33 bits per heavy atom. The van der Waals surface area contributed by atoms with E-state index in [1.165, 1.54) is 0 Å². The molecule has 21 heavy (non-hydrogen) atoms. The maximum Gasteiger partial charge on any atom is 0.138 e. The van der Waals surface area contributed by atoms with E-state index in [9.17, 15) is 0 Å². The summed E-state index contributed by atoms with van der Waals surface area (Å²) in [5.41, 5.74) is 3.83.